The molecule has 2 rings (SSSR count). The Morgan fingerprint density at radius 2 is 1.94 bits per heavy atom. The molecular formula is C13H20BrClN2O. The van der Waals surface area contributed by atoms with E-state index in [0.717, 1.165) is 37.1 Å². The number of piperazine rings is 1. The largest absolute Gasteiger partial charge is 0.396 e. The van der Waals surface area contributed by atoms with Gasteiger partial charge in [0.05, 0.1) is 0 Å². The van der Waals surface area contributed by atoms with Gasteiger partial charge in [0, 0.05) is 43.3 Å². The van der Waals surface area contributed by atoms with Crippen LogP contribution in [-0.4, -0.2) is 42.8 Å². The second-order valence-electron chi connectivity index (χ2n) is 4.34. The number of nitrogens with zero attached hydrogens (tertiary/aromatic N) is 1. The number of nitrogens with one attached hydrogen (secondary N) is 1. The van der Waals surface area contributed by atoms with Gasteiger partial charge in [-0.3, -0.25) is 4.90 Å². The first kappa shape index (κ1) is 15.9. The average Bonchev–Trinajstić information content (AvgIpc) is 2.38. The first-order chi connectivity index (χ1) is 8.33. The normalized spacial score (nSPS) is 18.1. The zero-order valence-electron chi connectivity index (χ0n) is 10.3. The lowest BCUT2D eigenvalue weighted by Gasteiger charge is -2.35. The molecule has 0 radical (unpaired) electrons. The third-order valence-corrected chi connectivity index (χ3v) is 3.98. The molecule has 0 spiro atoms. The van der Waals surface area contributed by atoms with Crippen LogP contribution in [0.25, 0.3) is 0 Å². The molecule has 1 aromatic rings. The van der Waals surface area contributed by atoms with E-state index in [4.69, 9.17) is 0 Å². The van der Waals surface area contributed by atoms with Gasteiger partial charge >= 0.3 is 0 Å². The van der Waals surface area contributed by atoms with Gasteiger partial charge in [0.15, 0.2) is 0 Å². The maximum Gasteiger partial charge on any atom is 0.0449 e. The number of hydrogen-bond donors (Lipinski definition) is 2. The number of benzene rings is 1. The fourth-order valence-electron chi connectivity index (χ4n) is 2.40. The highest BCUT2D eigenvalue weighted by molar-refractivity contribution is 9.10. The van der Waals surface area contributed by atoms with Crippen LogP contribution in [0.2, 0.25) is 0 Å². The maximum atomic E-state index is 9.26. The molecule has 1 aliphatic heterocycles. The van der Waals surface area contributed by atoms with Crippen molar-refractivity contribution in [1.82, 2.24) is 10.2 Å². The van der Waals surface area contributed by atoms with Crippen molar-refractivity contribution < 1.29 is 5.11 Å². The van der Waals surface area contributed by atoms with E-state index in [1.807, 2.05) is 6.07 Å². The Balaban J connectivity index is 0.00000162. The Hall–Kier alpha value is -0.130. The Morgan fingerprint density at radius 3 is 2.56 bits per heavy atom. The summed E-state index contributed by atoms with van der Waals surface area (Å²) in [5.74, 6) is 0. The molecule has 18 heavy (non-hydrogen) atoms. The highest BCUT2D eigenvalue weighted by Crippen LogP contribution is 2.30. The van der Waals surface area contributed by atoms with Crippen molar-refractivity contribution in [2.75, 3.05) is 32.8 Å². The minimum atomic E-state index is 0. The van der Waals surface area contributed by atoms with Gasteiger partial charge < -0.3 is 10.4 Å². The molecule has 102 valence electrons. The Kier molecular flexibility index (Phi) is 7.19. The second kappa shape index (κ2) is 8.12. The molecule has 3 nitrogen and oxygen atoms in total. The highest BCUT2D eigenvalue weighted by atomic mass is 79.9. The van der Waals surface area contributed by atoms with Crippen molar-refractivity contribution in [3.05, 3.63) is 34.3 Å². The predicted molar refractivity (Wildman–Crippen MR) is 80.3 cm³/mol. The van der Waals surface area contributed by atoms with E-state index in [9.17, 15) is 5.11 Å². The Labute approximate surface area is 123 Å². The third-order valence-electron chi connectivity index (χ3n) is 3.26. The van der Waals surface area contributed by atoms with Crippen LogP contribution in [-0.2, 0) is 0 Å². The molecule has 0 bridgehead atoms. The number of aliphatic hydroxyl groups excluding tert-OH is 1. The fourth-order valence-corrected chi connectivity index (χ4v) is 2.95. The molecule has 1 aliphatic rings. The lowest BCUT2D eigenvalue weighted by Crippen LogP contribution is -2.45. The molecule has 1 aromatic carbocycles. The van der Waals surface area contributed by atoms with Crippen LogP contribution < -0.4 is 5.32 Å². The smallest absolute Gasteiger partial charge is 0.0449 e. The molecule has 1 fully saturated rings. The standard InChI is InChI=1S/C13H19BrN2O.ClH/c14-12-4-2-1-3-11(12)13(5-10-17)16-8-6-15-7-9-16;/h1-4,13,15,17H,5-10H2;1H/t13-;/m0./s1. The lowest BCUT2D eigenvalue weighted by molar-refractivity contribution is 0.140. The van der Waals surface area contributed by atoms with Gasteiger partial charge in [0.2, 0.25) is 0 Å². The van der Waals surface area contributed by atoms with Gasteiger partial charge in [-0.15, -0.1) is 12.4 Å². The molecule has 2 N–H and O–H groups in total. The molecular weight excluding hydrogens is 316 g/mol. The van der Waals surface area contributed by atoms with Gasteiger partial charge in [-0.1, -0.05) is 34.1 Å². The summed E-state index contributed by atoms with van der Waals surface area (Å²) in [4.78, 5) is 2.45. The fraction of sp³-hybridized carbons (Fsp3) is 0.538. The van der Waals surface area contributed by atoms with E-state index < -0.39 is 0 Å². The minimum absolute atomic E-state index is 0. The van der Waals surface area contributed by atoms with Gasteiger partial charge in [0.1, 0.15) is 0 Å². The molecule has 5 heteroatoms. The van der Waals surface area contributed by atoms with Gasteiger partial charge in [-0.2, -0.15) is 0 Å². The van der Waals surface area contributed by atoms with Gasteiger partial charge in [0.25, 0.3) is 0 Å². The second-order valence-corrected chi connectivity index (χ2v) is 5.19. The van der Waals surface area contributed by atoms with Crippen molar-refractivity contribution in [3.8, 4) is 0 Å². The van der Waals surface area contributed by atoms with E-state index in [1.54, 1.807) is 0 Å². The van der Waals surface area contributed by atoms with E-state index in [0.29, 0.717) is 6.04 Å². The summed E-state index contributed by atoms with van der Waals surface area (Å²) in [5.41, 5.74) is 1.28. The summed E-state index contributed by atoms with van der Waals surface area (Å²) in [6.07, 6.45) is 0.794. The van der Waals surface area contributed by atoms with Gasteiger partial charge in [-0.25, -0.2) is 0 Å². The Bertz CT molecular complexity index is 359. The van der Waals surface area contributed by atoms with E-state index in [-0.39, 0.29) is 19.0 Å². The molecule has 1 saturated heterocycles. The van der Waals surface area contributed by atoms with Crippen LogP contribution in [0.3, 0.4) is 0 Å². The van der Waals surface area contributed by atoms with Crippen LogP contribution in [0.15, 0.2) is 28.7 Å². The number of aliphatic hydroxyl groups is 1. The van der Waals surface area contributed by atoms with Crippen LogP contribution in [0, 0.1) is 0 Å². The molecule has 0 aromatic heterocycles. The lowest BCUT2D eigenvalue weighted by atomic mass is 10.0. The molecule has 1 atom stereocenters. The van der Waals surface area contributed by atoms with Crippen LogP contribution in [0.4, 0.5) is 0 Å². The third kappa shape index (κ3) is 3.93. The van der Waals surface area contributed by atoms with E-state index in [1.165, 1.54) is 5.56 Å². The first-order valence-electron chi connectivity index (χ1n) is 6.13. The molecule has 0 saturated carbocycles. The van der Waals surface area contributed by atoms with Crippen molar-refractivity contribution in [3.63, 3.8) is 0 Å². The summed E-state index contributed by atoms with van der Waals surface area (Å²) in [7, 11) is 0. The highest BCUT2D eigenvalue weighted by Gasteiger charge is 2.22. The first-order valence-corrected chi connectivity index (χ1v) is 6.92. The quantitative estimate of drug-likeness (QED) is 0.885. The van der Waals surface area contributed by atoms with Crippen molar-refractivity contribution in [1.29, 1.82) is 0 Å². The zero-order valence-corrected chi connectivity index (χ0v) is 12.7. The van der Waals surface area contributed by atoms with Crippen molar-refractivity contribution >= 4 is 28.3 Å². The zero-order chi connectivity index (χ0) is 12.1. The number of rotatable bonds is 4. The minimum Gasteiger partial charge on any atom is -0.396 e. The van der Waals surface area contributed by atoms with E-state index >= 15 is 0 Å². The van der Waals surface area contributed by atoms with Crippen LogP contribution in [0.5, 0.6) is 0 Å². The maximum absolute atomic E-state index is 9.26. The molecule has 1 heterocycles. The summed E-state index contributed by atoms with van der Waals surface area (Å²) in [6, 6.07) is 8.63. The van der Waals surface area contributed by atoms with Crippen LogP contribution >= 0.6 is 28.3 Å². The summed E-state index contributed by atoms with van der Waals surface area (Å²) < 4.78 is 1.14. The molecule has 0 unspecified atom stereocenters. The Morgan fingerprint density at radius 1 is 1.28 bits per heavy atom. The predicted octanol–water partition coefficient (Wildman–Crippen LogP) is 2.20. The molecule has 0 amide bonds. The van der Waals surface area contributed by atoms with Crippen LogP contribution in [0.1, 0.15) is 18.0 Å². The summed E-state index contributed by atoms with van der Waals surface area (Å²) in [6.45, 7) is 4.40. The van der Waals surface area contributed by atoms with Crippen molar-refractivity contribution in [2.45, 2.75) is 12.5 Å². The number of halogens is 2. The van der Waals surface area contributed by atoms with E-state index in [2.05, 4.69) is 44.3 Å². The average molecular weight is 336 g/mol. The summed E-state index contributed by atoms with van der Waals surface area (Å²) >= 11 is 3.61. The SMILES string of the molecule is Cl.OCC[C@@H](c1ccccc1Br)N1CCNCC1. The van der Waals surface area contributed by atoms with Gasteiger partial charge in [-0.05, 0) is 18.1 Å². The number of hydrogen-bond acceptors (Lipinski definition) is 3. The summed E-state index contributed by atoms with van der Waals surface area (Å²) in [5, 5.41) is 12.6. The molecule has 0 aliphatic carbocycles. The monoisotopic (exact) mass is 334 g/mol. The van der Waals surface area contributed by atoms with Crippen molar-refractivity contribution in [2.24, 2.45) is 0 Å². The topological polar surface area (TPSA) is 35.5 Å².